The molecule has 0 fully saturated rings. The molecule has 37 heavy (non-hydrogen) atoms. The fraction of sp³-hybridized carbons (Fsp3) is 0.643. The molecule has 3 amide bonds. The zero-order valence-corrected chi connectivity index (χ0v) is 23.6. The zero-order chi connectivity index (χ0) is 28.0. The number of alkyl carbamates (subject to hydrolysis) is 1. The van der Waals surface area contributed by atoms with E-state index < -0.39 is 35.5 Å². The lowest BCUT2D eigenvalue weighted by atomic mass is 9.93. The molecule has 0 bridgehead atoms. The van der Waals surface area contributed by atoms with Crippen LogP contribution >= 0.6 is 0 Å². The molecule has 0 aromatic heterocycles. The smallest absolute Gasteiger partial charge is 0.408 e. The first-order valence-electron chi connectivity index (χ1n) is 13.1. The number of aryl methyl sites for hydroxylation is 2. The van der Waals surface area contributed by atoms with Gasteiger partial charge in [0.05, 0.1) is 7.11 Å². The summed E-state index contributed by atoms with van der Waals surface area (Å²) in [6, 6.07) is 4.68. The molecule has 0 heterocycles. The summed E-state index contributed by atoms with van der Waals surface area (Å²) in [5, 5.41) is 5.13. The standard InChI is InChI=1S/C28H45N3O6/c1-8-9-10-11-12-13-17-31(22(32)18-30-27(35)37-28(4,5)6)25(26(34)29-19-23(33)36-7)24-20(2)15-14-16-21(24)3/h14-16,25H,8-13,17-19H2,1-7H3,(H,29,34)(H,30,35). The first kappa shape index (κ1) is 31.9. The summed E-state index contributed by atoms with van der Waals surface area (Å²) in [5.41, 5.74) is 1.68. The number of methoxy groups -OCH3 is 1. The van der Waals surface area contributed by atoms with Gasteiger partial charge in [-0.1, -0.05) is 57.2 Å². The Labute approximate surface area is 221 Å². The first-order valence-corrected chi connectivity index (χ1v) is 13.1. The van der Waals surface area contributed by atoms with Crippen molar-refractivity contribution in [3.63, 3.8) is 0 Å². The quantitative estimate of drug-likeness (QED) is 0.279. The van der Waals surface area contributed by atoms with Gasteiger partial charge in [-0.2, -0.15) is 0 Å². The predicted molar refractivity (Wildman–Crippen MR) is 143 cm³/mol. The average molecular weight is 520 g/mol. The number of hydrogen-bond donors (Lipinski definition) is 2. The predicted octanol–water partition coefficient (Wildman–Crippen LogP) is 4.35. The number of benzene rings is 1. The van der Waals surface area contributed by atoms with E-state index in [9.17, 15) is 19.2 Å². The number of esters is 1. The fourth-order valence-corrected chi connectivity index (χ4v) is 4.04. The lowest BCUT2D eigenvalue weighted by molar-refractivity contribution is -0.143. The minimum atomic E-state index is -0.977. The van der Waals surface area contributed by atoms with E-state index in [0.29, 0.717) is 18.5 Å². The van der Waals surface area contributed by atoms with E-state index >= 15 is 0 Å². The molecular weight excluding hydrogens is 474 g/mol. The molecule has 0 saturated heterocycles. The molecule has 0 aliphatic heterocycles. The largest absolute Gasteiger partial charge is 0.468 e. The van der Waals surface area contributed by atoms with Gasteiger partial charge < -0.3 is 25.0 Å². The molecule has 0 aliphatic rings. The number of carbonyl (C=O) groups excluding carboxylic acids is 4. The van der Waals surface area contributed by atoms with E-state index in [1.165, 1.54) is 12.0 Å². The molecule has 208 valence electrons. The molecule has 1 rings (SSSR count). The van der Waals surface area contributed by atoms with Crippen molar-refractivity contribution in [2.24, 2.45) is 0 Å². The third-order valence-corrected chi connectivity index (χ3v) is 5.87. The van der Waals surface area contributed by atoms with Gasteiger partial charge in [0.25, 0.3) is 0 Å². The Hall–Kier alpha value is -3.10. The monoisotopic (exact) mass is 519 g/mol. The van der Waals surface area contributed by atoms with Crippen molar-refractivity contribution in [3.05, 3.63) is 34.9 Å². The van der Waals surface area contributed by atoms with Gasteiger partial charge in [0.1, 0.15) is 24.7 Å². The number of nitrogens with zero attached hydrogens (tertiary/aromatic N) is 1. The zero-order valence-electron chi connectivity index (χ0n) is 23.6. The molecule has 1 aromatic rings. The van der Waals surface area contributed by atoms with E-state index in [1.807, 2.05) is 32.0 Å². The van der Waals surface area contributed by atoms with Crippen LogP contribution in [0.5, 0.6) is 0 Å². The van der Waals surface area contributed by atoms with E-state index in [4.69, 9.17) is 4.74 Å². The summed E-state index contributed by atoms with van der Waals surface area (Å²) in [5.74, 6) is -1.49. The Morgan fingerprint density at radius 1 is 0.919 bits per heavy atom. The second-order valence-electron chi connectivity index (χ2n) is 10.2. The maximum atomic E-state index is 13.5. The topological polar surface area (TPSA) is 114 Å². The van der Waals surface area contributed by atoms with E-state index in [2.05, 4.69) is 22.3 Å². The summed E-state index contributed by atoms with van der Waals surface area (Å²) < 4.78 is 9.92. The number of unbranched alkanes of at least 4 members (excludes halogenated alkanes) is 5. The Balaban J connectivity index is 3.26. The second-order valence-corrected chi connectivity index (χ2v) is 10.2. The maximum absolute atomic E-state index is 13.5. The molecule has 9 nitrogen and oxygen atoms in total. The number of amides is 3. The van der Waals surface area contributed by atoms with Gasteiger partial charge in [-0.25, -0.2) is 4.79 Å². The van der Waals surface area contributed by atoms with Crippen molar-refractivity contribution < 1.29 is 28.7 Å². The van der Waals surface area contributed by atoms with Gasteiger partial charge in [-0.05, 0) is 57.7 Å². The highest BCUT2D eigenvalue weighted by molar-refractivity contribution is 5.92. The minimum absolute atomic E-state index is 0.314. The Morgan fingerprint density at radius 3 is 2.08 bits per heavy atom. The molecule has 1 atom stereocenters. The average Bonchev–Trinajstić information content (AvgIpc) is 2.82. The highest BCUT2D eigenvalue weighted by atomic mass is 16.6. The SMILES string of the molecule is CCCCCCCCN(C(=O)CNC(=O)OC(C)(C)C)C(C(=O)NCC(=O)OC)c1c(C)cccc1C. The molecule has 0 spiro atoms. The van der Waals surface area contributed by atoms with Crippen LogP contribution in [0, 0.1) is 13.8 Å². The third-order valence-electron chi connectivity index (χ3n) is 5.87. The summed E-state index contributed by atoms with van der Waals surface area (Å²) in [6.45, 7) is 10.8. The van der Waals surface area contributed by atoms with Crippen molar-refractivity contribution in [1.82, 2.24) is 15.5 Å². The molecule has 1 aromatic carbocycles. The van der Waals surface area contributed by atoms with Gasteiger partial charge in [0, 0.05) is 6.54 Å². The lowest BCUT2D eigenvalue weighted by Crippen LogP contribution is -2.49. The highest BCUT2D eigenvalue weighted by Gasteiger charge is 2.33. The van der Waals surface area contributed by atoms with Crippen LogP contribution in [0.4, 0.5) is 4.79 Å². The normalized spacial score (nSPS) is 11.9. The van der Waals surface area contributed by atoms with Gasteiger partial charge >= 0.3 is 12.1 Å². The van der Waals surface area contributed by atoms with Gasteiger partial charge in [0.15, 0.2) is 0 Å². The van der Waals surface area contributed by atoms with Crippen molar-refractivity contribution in [3.8, 4) is 0 Å². The van der Waals surface area contributed by atoms with Crippen molar-refractivity contribution in [1.29, 1.82) is 0 Å². The van der Waals surface area contributed by atoms with Crippen molar-refractivity contribution >= 4 is 23.9 Å². The summed E-state index contributed by atoms with van der Waals surface area (Å²) in [7, 11) is 1.24. The van der Waals surface area contributed by atoms with Crippen LogP contribution in [-0.4, -0.2) is 61.1 Å². The molecule has 9 heteroatoms. The van der Waals surface area contributed by atoms with Crippen LogP contribution in [-0.2, 0) is 23.9 Å². The maximum Gasteiger partial charge on any atom is 0.408 e. The van der Waals surface area contributed by atoms with E-state index in [-0.39, 0.29) is 13.1 Å². The molecule has 1 unspecified atom stereocenters. The minimum Gasteiger partial charge on any atom is -0.468 e. The number of hydrogen-bond acceptors (Lipinski definition) is 6. The van der Waals surface area contributed by atoms with Crippen LogP contribution in [0.25, 0.3) is 0 Å². The second kappa shape index (κ2) is 15.9. The Morgan fingerprint density at radius 2 is 1.51 bits per heavy atom. The Kier molecular flexibility index (Phi) is 13.7. The number of carbonyl (C=O) groups is 4. The van der Waals surface area contributed by atoms with Crippen LogP contribution in [0.2, 0.25) is 0 Å². The lowest BCUT2D eigenvalue weighted by Gasteiger charge is -2.33. The van der Waals surface area contributed by atoms with Crippen LogP contribution in [0.1, 0.15) is 89.0 Å². The third kappa shape index (κ3) is 11.7. The van der Waals surface area contributed by atoms with Gasteiger partial charge in [-0.15, -0.1) is 0 Å². The fourth-order valence-electron chi connectivity index (χ4n) is 4.04. The first-order chi connectivity index (χ1) is 17.4. The summed E-state index contributed by atoms with van der Waals surface area (Å²) in [6.07, 6.45) is 5.35. The molecule has 0 saturated carbocycles. The highest BCUT2D eigenvalue weighted by Crippen LogP contribution is 2.28. The Bertz CT molecular complexity index is 889. The van der Waals surface area contributed by atoms with Crippen LogP contribution < -0.4 is 10.6 Å². The van der Waals surface area contributed by atoms with Gasteiger partial charge in [-0.3, -0.25) is 14.4 Å². The summed E-state index contributed by atoms with van der Waals surface area (Å²) in [4.78, 5) is 52.4. The van der Waals surface area contributed by atoms with Crippen LogP contribution in [0.15, 0.2) is 18.2 Å². The molecule has 2 N–H and O–H groups in total. The van der Waals surface area contributed by atoms with E-state index in [1.54, 1.807) is 20.8 Å². The molecule has 0 radical (unpaired) electrons. The molecular formula is C28H45N3O6. The van der Waals surface area contributed by atoms with Crippen molar-refractivity contribution in [2.45, 2.75) is 91.7 Å². The number of ether oxygens (including phenoxy) is 2. The van der Waals surface area contributed by atoms with Crippen LogP contribution in [0.3, 0.4) is 0 Å². The van der Waals surface area contributed by atoms with Crippen molar-refractivity contribution in [2.75, 3.05) is 26.7 Å². The van der Waals surface area contributed by atoms with E-state index in [0.717, 1.165) is 43.2 Å². The van der Waals surface area contributed by atoms with Gasteiger partial charge in [0.2, 0.25) is 11.8 Å². The number of rotatable bonds is 14. The number of nitrogens with one attached hydrogen (secondary N) is 2. The summed E-state index contributed by atoms with van der Waals surface area (Å²) >= 11 is 0. The molecule has 0 aliphatic carbocycles.